The summed E-state index contributed by atoms with van der Waals surface area (Å²) in [5.74, 6) is -0.639. The molecule has 0 spiro atoms. The first kappa shape index (κ1) is 7.65. The molecule has 0 aromatic carbocycles. The molecule has 0 bridgehead atoms. The number of carbonyl (C=O) groups is 1. The van der Waals surface area contributed by atoms with Gasteiger partial charge in [-0.1, -0.05) is 6.07 Å². The van der Waals surface area contributed by atoms with Crippen molar-refractivity contribution in [2.24, 2.45) is 5.73 Å². The van der Waals surface area contributed by atoms with Crippen LogP contribution in [-0.2, 0) is 6.67 Å². The number of alkyl halides is 1. The molecule has 1 aromatic heterocycles. The monoisotopic (exact) mass is 154 g/mol. The number of nitrogens with two attached hydrogens (primary N) is 1. The Labute approximate surface area is 63.0 Å². The van der Waals surface area contributed by atoms with E-state index >= 15 is 0 Å². The molecule has 0 saturated heterocycles. The number of nitrogens with zero attached hydrogens (tertiary/aromatic N) is 1. The van der Waals surface area contributed by atoms with Gasteiger partial charge in [-0.3, -0.25) is 4.79 Å². The van der Waals surface area contributed by atoms with E-state index in [0.29, 0.717) is 0 Å². The van der Waals surface area contributed by atoms with E-state index in [0.717, 1.165) is 0 Å². The minimum absolute atomic E-state index is 0.0974. The molecule has 0 saturated carbocycles. The molecule has 0 fully saturated rings. The van der Waals surface area contributed by atoms with Crippen LogP contribution in [0, 0.1) is 0 Å². The molecule has 1 rings (SSSR count). The molecule has 0 atom stereocenters. The molecule has 58 valence electrons. The van der Waals surface area contributed by atoms with Gasteiger partial charge in [0.2, 0.25) is 0 Å². The van der Waals surface area contributed by atoms with Gasteiger partial charge in [0.1, 0.15) is 12.4 Å². The van der Waals surface area contributed by atoms with Crippen molar-refractivity contribution in [2.75, 3.05) is 0 Å². The molecule has 0 aliphatic carbocycles. The highest BCUT2D eigenvalue weighted by Gasteiger charge is 2.01. The molecule has 1 amide bonds. The fourth-order valence-corrected chi connectivity index (χ4v) is 0.691. The number of primary amides is 1. The smallest absolute Gasteiger partial charge is 0.267 e. The van der Waals surface area contributed by atoms with Gasteiger partial charge in [0, 0.05) is 0 Å². The van der Waals surface area contributed by atoms with Crippen LogP contribution in [0.15, 0.2) is 18.2 Å². The maximum atomic E-state index is 12.0. The number of hydrogen-bond acceptors (Lipinski definition) is 2. The van der Waals surface area contributed by atoms with Gasteiger partial charge in [-0.15, -0.1) is 0 Å². The van der Waals surface area contributed by atoms with Crippen LogP contribution in [0.3, 0.4) is 0 Å². The zero-order chi connectivity index (χ0) is 8.27. The predicted molar refractivity (Wildman–Crippen MR) is 37.6 cm³/mol. The second kappa shape index (κ2) is 3.09. The van der Waals surface area contributed by atoms with Crippen molar-refractivity contribution >= 4 is 5.91 Å². The Bertz CT molecular complexity index is 275. The number of carbonyl (C=O) groups excluding carboxylic acids is 1. The van der Waals surface area contributed by atoms with Crippen molar-refractivity contribution in [3.8, 4) is 0 Å². The van der Waals surface area contributed by atoms with E-state index in [4.69, 9.17) is 5.73 Å². The van der Waals surface area contributed by atoms with Crippen molar-refractivity contribution in [1.82, 2.24) is 4.98 Å². The lowest BCUT2D eigenvalue weighted by molar-refractivity contribution is 0.0995. The van der Waals surface area contributed by atoms with Crippen LogP contribution in [0.1, 0.15) is 16.2 Å². The predicted octanol–water partition coefficient (Wildman–Crippen LogP) is 0.650. The lowest BCUT2D eigenvalue weighted by atomic mass is 10.3. The molecule has 0 unspecified atom stereocenters. The highest BCUT2D eigenvalue weighted by molar-refractivity contribution is 5.90. The minimum Gasteiger partial charge on any atom is -0.364 e. The fourth-order valence-electron chi connectivity index (χ4n) is 0.691. The first-order valence-electron chi connectivity index (χ1n) is 3.05. The molecule has 1 heterocycles. The first-order valence-corrected chi connectivity index (χ1v) is 3.05. The van der Waals surface area contributed by atoms with Crippen molar-refractivity contribution in [1.29, 1.82) is 0 Å². The molecule has 1 aromatic rings. The van der Waals surface area contributed by atoms with E-state index in [9.17, 15) is 9.18 Å². The highest BCUT2D eigenvalue weighted by Crippen LogP contribution is 1.99. The lowest BCUT2D eigenvalue weighted by Gasteiger charge is -1.95. The largest absolute Gasteiger partial charge is 0.364 e. The van der Waals surface area contributed by atoms with Crippen LogP contribution in [0.5, 0.6) is 0 Å². The van der Waals surface area contributed by atoms with Gasteiger partial charge in [-0.05, 0) is 12.1 Å². The average Bonchev–Trinajstić information content (AvgIpc) is 2.05. The van der Waals surface area contributed by atoms with Crippen LogP contribution >= 0.6 is 0 Å². The lowest BCUT2D eigenvalue weighted by Crippen LogP contribution is -2.13. The zero-order valence-electron chi connectivity index (χ0n) is 5.75. The Kier molecular flexibility index (Phi) is 2.15. The van der Waals surface area contributed by atoms with Crippen LogP contribution < -0.4 is 5.73 Å². The highest BCUT2D eigenvalue weighted by atomic mass is 19.1. The van der Waals surface area contributed by atoms with Gasteiger partial charge >= 0.3 is 0 Å². The molecule has 11 heavy (non-hydrogen) atoms. The summed E-state index contributed by atoms with van der Waals surface area (Å²) in [5, 5.41) is 0. The Hall–Kier alpha value is -1.45. The summed E-state index contributed by atoms with van der Waals surface area (Å²) >= 11 is 0. The van der Waals surface area contributed by atoms with Crippen LogP contribution in [0.4, 0.5) is 4.39 Å². The summed E-state index contributed by atoms with van der Waals surface area (Å²) in [7, 11) is 0. The summed E-state index contributed by atoms with van der Waals surface area (Å²) < 4.78 is 12.0. The van der Waals surface area contributed by atoms with E-state index in [-0.39, 0.29) is 11.4 Å². The van der Waals surface area contributed by atoms with E-state index in [2.05, 4.69) is 4.98 Å². The van der Waals surface area contributed by atoms with Crippen molar-refractivity contribution in [3.05, 3.63) is 29.6 Å². The van der Waals surface area contributed by atoms with Gasteiger partial charge in [-0.2, -0.15) is 0 Å². The summed E-state index contributed by atoms with van der Waals surface area (Å²) in [4.78, 5) is 14.1. The minimum atomic E-state index is -0.679. The van der Waals surface area contributed by atoms with Gasteiger partial charge in [0.15, 0.2) is 0 Å². The number of halogens is 1. The fraction of sp³-hybridized carbons (Fsp3) is 0.143. The van der Waals surface area contributed by atoms with Crippen molar-refractivity contribution < 1.29 is 9.18 Å². The number of rotatable bonds is 2. The van der Waals surface area contributed by atoms with E-state index < -0.39 is 12.6 Å². The second-order valence-corrected chi connectivity index (χ2v) is 2.01. The summed E-state index contributed by atoms with van der Waals surface area (Å²) in [6.45, 7) is -0.679. The summed E-state index contributed by atoms with van der Waals surface area (Å²) in [5.41, 5.74) is 5.23. The van der Waals surface area contributed by atoms with E-state index in [1.807, 2.05) is 0 Å². The molecule has 0 radical (unpaired) electrons. The maximum Gasteiger partial charge on any atom is 0.267 e. The van der Waals surface area contributed by atoms with Gasteiger partial charge in [0.25, 0.3) is 5.91 Å². The van der Waals surface area contributed by atoms with Crippen LogP contribution in [-0.4, -0.2) is 10.9 Å². The quantitative estimate of drug-likeness (QED) is 0.679. The Morgan fingerprint density at radius 2 is 2.36 bits per heavy atom. The average molecular weight is 154 g/mol. The van der Waals surface area contributed by atoms with Crippen molar-refractivity contribution in [2.45, 2.75) is 6.67 Å². The molecular formula is C7H7FN2O. The van der Waals surface area contributed by atoms with Crippen LogP contribution in [0.25, 0.3) is 0 Å². The first-order chi connectivity index (χ1) is 5.24. The van der Waals surface area contributed by atoms with E-state index in [1.165, 1.54) is 12.1 Å². The van der Waals surface area contributed by atoms with E-state index in [1.54, 1.807) is 6.07 Å². The summed E-state index contributed by atoms with van der Waals surface area (Å²) in [6, 6.07) is 4.48. The van der Waals surface area contributed by atoms with Gasteiger partial charge < -0.3 is 5.73 Å². The Morgan fingerprint density at radius 3 is 2.91 bits per heavy atom. The molecule has 3 nitrogen and oxygen atoms in total. The molecule has 0 aliphatic heterocycles. The number of amides is 1. The van der Waals surface area contributed by atoms with Gasteiger partial charge in [0.05, 0.1) is 5.69 Å². The third-order valence-corrected chi connectivity index (χ3v) is 1.20. The number of hydrogen-bond donors (Lipinski definition) is 1. The molecule has 4 heteroatoms. The third kappa shape index (κ3) is 1.73. The topological polar surface area (TPSA) is 56.0 Å². The molecule has 2 N–H and O–H groups in total. The number of aromatic nitrogens is 1. The molecular weight excluding hydrogens is 147 g/mol. The van der Waals surface area contributed by atoms with Crippen LogP contribution in [0.2, 0.25) is 0 Å². The normalized spacial score (nSPS) is 9.55. The number of pyridine rings is 1. The zero-order valence-corrected chi connectivity index (χ0v) is 5.75. The standard InChI is InChI=1S/C7H7FN2O/c8-4-5-2-1-3-6(10-5)7(9)11/h1-3H,4H2,(H2,9,11). The Balaban J connectivity index is 3.01. The van der Waals surface area contributed by atoms with Gasteiger partial charge in [-0.25, -0.2) is 9.37 Å². The Morgan fingerprint density at radius 1 is 1.64 bits per heavy atom. The maximum absolute atomic E-state index is 12.0. The molecule has 0 aliphatic rings. The summed E-state index contributed by atoms with van der Waals surface area (Å²) in [6.07, 6.45) is 0. The van der Waals surface area contributed by atoms with Crippen molar-refractivity contribution in [3.63, 3.8) is 0 Å². The third-order valence-electron chi connectivity index (χ3n) is 1.20. The SMILES string of the molecule is NC(=O)c1cccc(CF)n1. The second-order valence-electron chi connectivity index (χ2n) is 2.01.